The Balaban J connectivity index is 1.51. The minimum absolute atomic E-state index is 0.0291. The number of hydrogen-bond donors (Lipinski definition) is 1. The highest BCUT2D eigenvalue weighted by Gasteiger charge is 2.19. The fourth-order valence-electron chi connectivity index (χ4n) is 4.82. The van der Waals surface area contributed by atoms with Crippen molar-refractivity contribution in [3.8, 4) is 22.6 Å². The van der Waals surface area contributed by atoms with Crippen LogP contribution in [0.3, 0.4) is 0 Å². The van der Waals surface area contributed by atoms with Crippen LogP contribution in [0.5, 0.6) is 11.5 Å². The second-order valence-corrected chi connectivity index (χ2v) is 9.06. The maximum atomic E-state index is 13.3. The number of allylic oxidation sites excluding steroid dienone is 4. The number of carbonyl (C=O) groups is 1. The van der Waals surface area contributed by atoms with Crippen molar-refractivity contribution in [3.63, 3.8) is 0 Å². The smallest absolute Gasteiger partial charge is 0.360 e. The lowest BCUT2D eigenvalue weighted by atomic mass is 9.96. The zero-order valence-electron chi connectivity index (χ0n) is 22.2. The number of pyridine rings is 1. The number of benzene rings is 2. The molecule has 0 spiro atoms. The van der Waals surface area contributed by atoms with Crippen molar-refractivity contribution < 1.29 is 23.4 Å². The minimum atomic E-state index is -0.652. The van der Waals surface area contributed by atoms with Gasteiger partial charge in [0.15, 0.2) is 0 Å². The third kappa shape index (κ3) is 5.01. The van der Waals surface area contributed by atoms with E-state index < -0.39 is 11.5 Å². The van der Waals surface area contributed by atoms with Crippen molar-refractivity contribution >= 4 is 28.1 Å². The van der Waals surface area contributed by atoms with Gasteiger partial charge in [0.25, 0.3) is 5.91 Å². The van der Waals surface area contributed by atoms with E-state index in [2.05, 4.69) is 16.4 Å². The summed E-state index contributed by atoms with van der Waals surface area (Å²) in [5.74, 6) is 1.65. The third-order valence-corrected chi connectivity index (χ3v) is 6.77. The Kier molecular flexibility index (Phi) is 7.19. The predicted molar refractivity (Wildman–Crippen MR) is 150 cm³/mol. The van der Waals surface area contributed by atoms with Crippen molar-refractivity contribution in [2.45, 2.75) is 19.8 Å². The predicted octanol–water partition coefficient (Wildman–Crippen LogP) is 6.14. The Morgan fingerprint density at radius 3 is 2.46 bits per heavy atom. The summed E-state index contributed by atoms with van der Waals surface area (Å²) in [4.78, 5) is 30.3. The van der Waals surface area contributed by atoms with E-state index in [9.17, 15) is 9.59 Å². The number of methoxy groups -OCH3 is 3. The van der Waals surface area contributed by atoms with Gasteiger partial charge in [-0.2, -0.15) is 0 Å². The van der Waals surface area contributed by atoms with Gasteiger partial charge < -0.3 is 23.9 Å². The Hall–Kier alpha value is -4.85. The minimum Gasteiger partial charge on any atom is -0.501 e. The number of aromatic nitrogens is 1. The Morgan fingerprint density at radius 2 is 1.74 bits per heavy atom. The summed E-state index contributed by atoms with van der Waals surface area (Å²) in [5, 5.41) is 3.34. The van der Waals surface area contributed by atoms with Crippen LogP contribution < -0.4 is 20.4 Å². The molecule has 0 radical (unpaired) electrons. The van der Waals surface area contributed by atoms with Crippen molar-refractivity contribution in [3.05, 3.63) is 99.9 Å². The molecule has 1 N–H and O–H groups in total. The molecular weight excluding hydrogens is 496 g/mol. The average Bonchev–Trinajstić information content (AvgIpc) is 2.97. The van der Waals surface area contributed by atoms with Crippen molar-refractivity contribution in [2.24, 2.45) is 0 Å². The van der Waals surface area contributed by atoms with E-state index >= 15 is 0 Å². The van der Waals surface area contributed by atoms with Crippen LogP contribution >= 0.6 is 0 Å². The molecule has 8 nitrogen and oxygen atoms in total. The molecule has 2 aromatic heterocycles. The third-order valence-electron chi connectivity index (χ3n) is 6.77. The van der Waals surface area contributed by atoms with E-state index in [0.717, 1.165) is 46.4 Å². The number of nitrogens with zero attached hydrogens (tertiary/aromatic N) is 1. The molecule has 5 rings (SSSR count). The van der Waals surface area contributed by atoms with Gasteiger partial charge in [-0.15, -0.1) is 0 Å². The molecule has 1 amide bonds. The number of amides is 1. The van der Waals surface area contributed by atoms with Crippen molar-refractivity contribution in [2.75, 3.05) is 26.6 Å². The quantitative estimate of drug-likeness (QED) is 0.290. The number of hydrogen-bond acceptors (Lipinski definition) is 7. The van der Waals surface area contributed by atoms with Crippen LogP contribution in [0.1, 0.15) is 34.3 Å². The van der Waals surface area contributed by atoms with Crippen LogP contribution in [-0.4, -0.2) is 32.2 Å². The molecule has 8 heteroatoms. The molecule has 2 aromatic carbocycles. The highest BCUT2D eigenvalue weighted by Crippen LogP contribution is 2.38. The fourth-order valence-corrected chi connectivity index (χ4v) is 4.82. The van der Waals surface area contributed by atoms with Gasteiger partial charge in [-0.05, 0) is 73.0 Å². The lowest BCUT2D eigenvalue weighted by molar-refractivity contribution is 0.102. The van der Waals surface area contributed by atoms with Crippen LogP contribution in [0, 0.1) is 6.92 Å². The Morgan fingerprint density at radius 1 is 0.974 bits per heavy atom. The molecule has 4 aromatic rings. The van der Waals surface area contributed by atoms with Crippen LogP contribution in [0.2, 0.25) is 0 Å². The summed E-state index contributed by atoms with van der Waals surface area (Å²) in [5.41, 5.74) is 4.26. The highest BCUT2D eigenvalue weighted by molar-refractivity contribution is 6.06. The van der Waals surface area contributed by atoms with Crippen LogP contribution in [0.25, 0.3) is 27.7 Å². The number of carbonyl (C=O) groups excluding carboxylic acids is 1. The van der Waals surface area contributed by atoms with E-state index in [0.29, 0.717) is 28.0 Å². The summed E-state index contributed by atoms with van der Waals surface area (Å²) >= 11 is 0. The number of ether oxygens (including phenoxy) is 3. The first-order chi connectivity index (χ1) is 18.9. The molecule has 0 unspecified atom stereocenters. The van der Waals surface area contributed by atoms with E-state index in [-0.39, 0.29) is 5.69 Å². The van der Waals surface area contributed by atoms with Gasteiger partial charge in [0.1, 0.15) is 22.8 Å². The number of rotatable bonds is 7. The lowest BCUT2D eigenvalue weighted by Gasteiger charge is -2.16. The van der Waals surface area contributed by atoms with Crippen molar-refractivity contribution in [1.82, 2.24) is 4.98 Å². The summed E-state index contributed by atoms with van der Waals surface area (Å²) in [6.07, 6.45) is 9.03. The molecular formula is C31H28N2O6. The Bertz CT molecular complexity index is 1690. The summed E-state index contributed by atoms with van der Waals surface area (Å²) in [7, 11) is 4.81. The second kappa shape index (κ2) is 10.9. The largest absolute Gasteiger partial charge is 0.501 e. The van der Waals surface area contributed by atoms with Gasteiger partial charge in [0.05, 0.1) is 27.1 Å². The maximum Gasteiger partial charge on any atom is 0.360 e. The summed E-state index contributed by atoms with van der Waals surface area (Å²) in [6, 6.07) is 12.2. The molecule has 2 heterocycles. The number of nitrogens with one attached hydrogen (secondary N) is 1. The first-order valence-electron chi connectivity index (χ1n) is 12.4. The topological polar surface area (TPSA) is 99.9 Å². The van der Waals surface area contributed by atoms with Crippen LogP contribution in [0.15, 0.2) is 82.0 Å². The second-order valence-electron chi connectivity index (χ2n) is 9.06. The molecule has 0 saturated heterocycles. The molecule has 39 heavy (non-hydrogen) atoms. The van der Waals surface area contributed by atoms with E-state index in [4.69, 9.17) is 18.6 Å². The van der Waals surface area contributed by atoms with E-state index in [1.54, 1.807) is 64.1 Å². The monoisotopic (exact) mass is 524 g/mol. The molecule has 1 aliphatic rings. The molecule has 0 fully saturated rings. The molecule has 0 atom stereocenters. The standard InChI is InChI=1S/C31H28N2O6/c1-18-28(19-10-12-32-13-11-19)27(38-4)17-22-16-25(31(35)39-29(18)22)33-30(34)21-8-9-26(37-3)24(15-21)20-6-5-7-23(14-20)36-2/h6,8-17H,5,7H2,1-4H3,(H,33,34). The van der Waals surface area contributed by atoms with Crippen molar-refractivity contribution in [1.29, 1.82) is 0 Å². The number of aryl methyl sites for hydroxylation is 1. The lowest BCUT2D eigenvalue weighted by Crippen LogP contribution is -2.18. The zero-order valence-corrected chi connectivity index (χ0v) is 22.2. The molecule has 0 saturated carbocycles. The van der Waals surface area contributed by atoms with E-state index in [1.807, 2.05) is 25.1 Å². The van der Waals surface area contributed by atoms with Gasteiger partial charge in [0.2, 0.25) is 0 Å². The first-order valence-corrected chi connectivity index (χ1v) is 12.4. The summed E-state index contributed by atoms with van der Waals surface area (Å²) in [6.45, 7) is 1.87. The van der Waals surface area contributed by atoms with Gasteiger partial charge in [-0.1, -0.05) is 6.08 Å². The van der Waals surface area contributed by atoms with Gasteiger partial charge in [-0.3, -0.25) is 9.78 Å². The molecule has 198 valence electrons. The maximum absolute atomic E-state index is 13.3. The van der Waals surface area contributed by atoms with Gasteiger partial charge in [-0.25, -0.2) is 4.79 Å². The number of anilines is 1. The van der Waals surface area contributed by atoms with Crippen LogP contribution in [0.4, 0.5) is 5.69 Å². The fraction of sp³-hybridized carbons (Fsp3) is 0.194. The van der Waals surface area contributed by atoms with Gasteiger partial charge in [0, 0.05) is 46.5 Å². The van der Waals surface area contributed by atoms with Crippen LogP contribution in [-0.2, 0) is 4.74 Å². The number of fused-ring (bicyclic) bond motifs is 1. The SMILES string of the molecule is COC1=CC(c2cc(C(=O)Nc3cc4cc(OC)c(-c5ccncc5)c(C)c4oc3=O)ccc2OC)=CCC1. The average molecular weight is 525 g/mol. The molecule has 0 aliphatic heterocycles. The summed E-state index contributed by atoms with van der Waals surface area (Å²) < 4.78 is 22.3. The van der Waals surface area contributed by atoms with Gasteiger partial charge >= 0.3 is 5.63 Å². The zero-order chi connectivity index (χ0) is 27.5. The first kappa shape index (κ1) is 25.8. The highest BCUT2D eigenvalue weighted by atomic mass is 16.5. The molecule has 1 aliphatic carbocycles. The van der Waals surface area contributed by atoms with E-state index in [1.165, 1.54) is 0 Å². The molecule has 0 bridgehead atoms. The Labute approximate surface area is 225 Å². The normalized spacial score (nSPS) is 12.9.